The molecule has 0 spiro atoms. The second-order valence-corrected chi connectivity index (χ2v) is 3.75. The third-order valence-electron chi connectivity index (χ3n) is 2.73. The summed E-state index contributed by atoms with van der Waals surface area (Å²) in [7, 11) is 0. The molecule has 12 heavy (non-hydrogen) atoms. The largest absolute Gasteiger partial charge is 0.370 e. The maximum absolute atomic E-state index is 5.94. The Kier molecular flexibility index (Phi) is 3.33. The van der Waals surface area contributed by atoms with Gasteiger partial charge in [0.15, 0.2) is 0 Å². The molecule has 0 saturated heterocycles. The predicted molar refractivity (Wildman–Crippen MR) is 52.2 cm³/mol. The quantitative estimate of drug-likeness (QED) is 0.575. The average molecular weight is 168 g/mol. The highest BCUT2D eigenvalue weighted by Gasteiger charge is 2.24. The highest BCUT2D eigenvalue weighted by Crippen LogP contribution is 2.26. The lowest BCUT2D eigenvalue weighted by Gasteiger charge is -2.32. The molecule has 0 radical (unpaired) electrons. The van der Waals surface area contributed by atoms with E-state index in [9.17, 15) is 0 Å². The van der Waals surface area contributed by atoms with Crippen molar-refractivity contribution in [2.24, 2.45) is 5.92 Å². The summed E-state index contributed by atoms with van der Waals surface area (Å²) >= 11 is 0. The first kappa shape index (κ1) is 9.79. The molecule has 0 bridgehead atoms. The molecular weight excluding hydrogens is 148 g/mol. The van der Waals surface area contributed by atoms with Gasteiger partial charge >= 0.3 is 0 Å². The Morgan fingerprint density at radius 1 is 1.33 bits per heavy atom. The van der Waals surface area contributed by atoms with Crippen molar-refractivity contribution in [2.75, 3.05) is 0 Å². The molecule has 0 aromatic rings. The van der Waals surface area contributed by atoms with Gasteiger partial charge in [-0.15, -0.1) is 0 Å². The van der Waals surface area contributed by atoms with E-state index in [4.69, 9.17) is 4.74 Å². The molecule has 0 amide bonds. The van der Waals surface area contributed by atoms with Crippen molar-refractivity contribution in [2.45, 2.75) is 52.7 Å². The molecule has 0 aliphatic carbocycles. The second kappa shape index (κ2) is 4.08. The van der Waals surface area contributed by atoms with E-state index in [1.807, 2.05) is 0 Å². The van der Waals surface area contributed by atoms with Crippen molar-refractivity contribution in [3.05, 3.63) is 11.6 Å². The summed E-state index contributed by atoms with van der Waals surface area (Å²) < 4.78 is 5.94. The molecular formula is C11H20O. The Morgan fingerprint density at radius 2 is 2.00 bits per heavy atom. The molecule has 1 nitrogen and oxygen atoms in total. The van der Waals surface area contributed by atoms with Gasteiger partial charge in [-0.05, 0) is 25.3 Å². The second-order valence-electron chi connectivity index (χ2n) is 3.75. The minimum absolute atomic E-state index is 0.381. The summed E-state index contributed by atoms with van der Waals surface area (Å²) in [5.74, 6) is 0.595. The fourth-order valence-corrected chi connectivity index (χ4v) is 1.96. The number of hydrogen-bond donors (Lipinski definition) is 0. The van der Waals surface area contributed by atoms with Crippen molar-refractivity contribution in [1.82, 2.24) is 0 Å². The summed E-state index contributed by atoms with van der Waals surface area (Å²) in [5, 5.41) is 0. The summed E-state index contributed by atoms with van der Waals surface area (Å²) in [4.78, 5) is 0. The van der Waals surface area contributed by atoms with E-state index >= 15 is 0 Å². The van der Waals surface area contributed by atoms with E-state index in [-0.39, 0.29) is 0 Å². The summed E-state index contributed by atoms with van der Waals surface area (Å²) in [6.45, 7) is 8.80. The van der Waals surface area contributed by atoms with Crippen molar-refractivity contribution in [3.8, 4) is 0 Å². The van der Waals surface area contributed by atoms with Gasteiger partial charge in [-0.25, -0.2) is 0 Å². The van der Waals surface area contributed by atoms with Gasteiger partial charge in [0.1, 0.15) is 0 Å². The molecule has 1 aliphatic heterocycles. The van der Waals surface area contributed by atoms with E-state index in [0.717, 1.165) is 12.8 Å². The fourth-order valence-electron chi connectivity index (χ4n) is 1.96. The van der Waals surface area contributed by atoms with E-state index in [0.29, 0.717) is 18.1 Å². The van der Waals surface area contributed by atoms with E-state index in [1.54, 1.807) is 0 Å². The molecule has 3 atom stereocenters. The Hall–Kier alpha value is -0.300. The summed E-state index contributed by atoms with van der Waals surface area (Å²) in [5.41, 5.74) is 1.41. The standard InChI is InChI=1S/C11H20O/c1-5-10-8(3)7-9(4)11(6-2)12-10/h7-8,10-11H,5-6H2,1-4H3. The van der Waals surface area contributed by atoms with Crippen LogP contribution in [0.25, 0.3) is 0 Å². The van der Waals surface area contributed by atoms with E-state index in [2.05, 4.69) is 33.8 Å². The lowest BCUT2D eigenvalue weighted by atomic mass is 9.93. The third-order valence-corrected chi connectivity index (χ3v) is 2.73. The zero-order chi connectivity index (χ0) is 9.14. The minimum atomic E-state index is 0.381. The van der Waals surface area contributed by atoms with Crippen molar-refractivity contribution >= 4 is 0 Å². The van der Waals surface area contributed by atoms with Gasteiger partial charge in [0.2, 0.25) is 0 Å². The third kappa shape index (κ3) is 1.89. The van der Waals surface area contributed by atoms with E-state index < -0.39 is 0 Å². The first-order valence-electron chi connectivity index (χ1n) is 5.02. The van der Waals surface area contributed by atoms with Gasteiger partial charge in [-0.3, -0.25) is 0 Å². The Labute approximate surface area is 75.8 Å². The Balaban J connectivity index is 2.68. The zero-order valence-corrected chi connectivity index (χ0v) is 8.63. The molecule has 0 aromatic carbocycles. The minimum Gasteiger partial charge on any atom is -0.370 e. The molecule has 0 saturated carbocycles. The topological polar surface area (TPSA) is 9.23 Å². The molecule has 0 fully saturated rings. The molecule has 3 unspecified atom stereocenters. The van der Waals surface area contributed by atoms with Crippen LogP contribution in [0.3, 0.4) is 0 Å². The molecule has 0 N–H and O–H groups in total. The maximum Gasteiger partial charge on any atom is 0.0783 e. The van der Waals surface area contributed by atoms with Crippen LogP contribution >= 0.6 is 0 Å². The fraction of sp³-hybridized carbons (Fsp3) is 0.818. The van der Waals surface area contributed by atoms with Crippen LogP contribution in [0, 0.1) is 5.92 Å². The Bertz CT molecular complexity index is 172. The van der Waals surface area contributed by atoms with Crippen LogP contribution in [0.1, 0.15) is 40.5 Å². The van der Waals surface area contributed by atoms with Crippen LogP contribution in [0.5, 0.6) is 0 Å². The average Bonchev–Trinajstić information content (AvgIpc) is 2.05. The van der Waals surface area contributed by atoms with Crippen LogP contribution in [0.4, 0.5) is 0 Å². The summed E-state index contributed by atoms with van der Waals surface area (Å²) in [6, 6.07) is 0. The van der Waals surface area contributed by atoms with Gasteiger partial charge in [0, 0.05) is 5.92 Å². The molecule has 0 aromatic heterocycles. The van der Waals surface area contributed by atoms with E-state index in [1.165, 1.54) is 5.57 Å². The van der Waals surface area contributed by atoms with Crippen LogP contribution in [0.15, 0.2) is 11.6 Å². The van der Waals surface area contributed by atoms with Gasteiger partial charge in [0.05, 0.1) is 12.2 Å². The summed E-state index contributed by atoms with van der Waals surface area (Å²) in [6.07, 6.45) is 5.42. The van der Waals surface area contributed by atoms with Gasteiger partial charge < -0.3 is 4.74 Å². The van der Waals surface area contributed by atoms with Crippen molar-refractivity contribution in [1.29, 1.82) is 0 Å². The number of ether oxygens (including phenoxy) is 1. The monoisotopic (exact) mass is 168 g/mol. The molecule has 1 aliphatic rings. The Morgan fingerprint density at radius 3 is 2.50 bits per heavy atom. The van der Waals surface area contributed by atoms with Crippen molar-refractivity contribution < 1.29 is 4.74 Å². The molecule has 1 heteroatoms. The number of rotatable bonds is 2. The highest BCUT2D eigenvalue weighted by atomic mass is 16.5. The molecule has 70 valence electrons. The lowest BCUT2D eigenvalue weighted by Crippen LogP contribution is -2.31. The van der Waals surface area contributed by atoms with Crippen LogP contribution in [0.2, 0.25) is 0 Å². The number of hydrogen-bond acceptors (Lipinski definition) is 1. The van der Waals surface area contributed by atoms with Crippen LogP contribution in [-0.2, 0) is 4.74 Å². The molecule has 1 rings (SSSR count). The molecule has 1 heterocycles. The predicted octanol–water partition coefficient (Wildman–Crippen LogP) is 3.16. The van der Waals surface area contributed by atoms with Gasteiger partial charge in [0.25, 0.3) is 0 Å². The van der Waals surface area contributed by atoms with Gasteiger partial charge in [-0.1, -0.05) is 26.8 Å². The lowest BCUT2D eigenvalue weighted by molar-refractivity contribution is -0.0272. The maximum atomic E-state index is 5.94. The van der Waals surface area contributed by atoms with Crippen molar-refractivity contribution in [3.63, 3.8) is 0 Å². The first-order valence-corrected chi connectivity index (χ1v) is 5.02. The smallest absolute Gasteiger partial charge is 0.0783 e. The van der Waals surface area contributed by atoms with Crippen LogP contribution in [-0.4, -0.2) is 12.2 Å². The first-order chi connectivity index (χ1) is 5.69. The van der Waals surface area contributed by atoms with Gasteiger partial charge in [-0.2, -0.15) is 0 Å². The zero-order valence-electron chi connectivity index (χ0n) is 8.63. The SMILES string of the molecule is CCC1OC(CC)C(C)C=C1C. The normalized spacial score (nSPS) is 36.3. The van der Waals surface area contributed by atoms with Crippen LogP contribution < -0.4 is 0 Å². The highest BCUT2D eigenvalue weighted by molar-refractivity contribution is 5.11.